The van der Waals surface area contributed by atoms with Gasteiger partial charge in [-0.05, 0) is 12.1 Å². The SMILES string of the molecule is C#CCCNCc1ccc(O)cn1. The van der Waals surface area contributed by atoms with Gasteiger partial charge in [0, 0.05) is 19.5 Å². The molecule has 1 aromatic rings. The zero-order valence-electron chi connectivity index (χ0n) is 7.33. The standard InChI is InChI=1S/C10H12N2O/c1-2-3-6-11-7-9-4-5-10(13)8-12-9/h1,4-5,8,11,13H,3,6-7H2. The van der Waals surface area contributed by atoms with Crippen molar-refractivity contribution in [3.8, 4) is 18.1 Å². The molecule has 0 saturated heterocycles. The van der Waals surface area contributed by atoms with Gasteiger partial charge in [0.05, 0.1) is 11.9 Å². The molecule has 0 aromatic carbocycles. The summed E-state index contributed by atoms with van der Waals surface area (Å²) >= 11 is 0. The predicted molar refractivity (Wildman–Crippen MR) is 51.1 cm³/mol. The fourth-order valence-corrected chi connectivity index (χ4v) is 0.898. The van der Waals surface area contributed by atoms with Crippen molar-refractivity contribution < 1.29 is 5.11 Å². The van der Waals surface area contributed by atoms with Crippen LogP contribution in [0.5, 0.6) is 5.75 Å². The molecule has 0 atom stereocenters. The Hall–Kier alpha value is -1.53. The summed E-state index contributed by atoms with van der Waals surface area (Å²) in [4.78, 5) is 4.01. The maximum absolute atomic E-state index is 8.96. The Bertz CT molecular complexity index is 287. The molecule has 0 fully saturated rings. The van der Waals surface area contributed by atoms with Gasteiger partial charge in [0.2, 0.25) is 0 Å². The van der Waals surface area contributed by atoms with Crippen molar-refractivity contribution in [1.29, 1.82) is 0 Å². The number of nitrogens with zero attached hydrogens (tertiary/aromatic N) is 1. The molecule has 0 aliphatic heterocycles. The molecule has 0 radical (unpaired) electrons. The number of aromatic nitrogens is 1. The highest BCUT2D eigenvalue weighted by Crippen LogP contribution is 2.05. The predicted octanol–water partition coefficient (Wildman–Crippen LogP) is 0.900. The molecular weight excluding hydrogens is 164 g/mol. The van der Waals surface area contributed by atoms with Crippen molar-refractivity contribution >= 4 is 0 Å². The second kappa shape index (κ2) is 5.18. The molecule has 3 heteroatoms. The lowest BCUT2D eigenvalue weighted by molar-refractivity contribution is 0.471. The van der Waals surface area contributed by atoms with Crippen molar-refractivity contribution in [2.75, 3.05) is 6.54 Å². The second-order valence-corrected chi connectivity index (χ2v) is 2.64. The van der Waals surface area contributed by atoms with Crippen molar-refractivity contribution in [2.45, 2.75) is 13.0 Å². The van der Waals surface area contributed by atoms with Gasteiger partial charge in [-0.15, -0.1) is 12.3 Å². The smallest absolute Gasteiger partial charge is 0.133 e. The van der Waals surface area contributed by atoms with Gasteiger partial charge in [-0.25, -0.2) is 0 Å². The highest BCUT2D eigenvalue weighted by atomic mass is 16.3. The molecular formula is C10H12N2O. The van der Waals surface area contributed by atoms with Crippen LogP contribution in [0.2, 0.25) is 0 Å². The summed E-state index contributed by atoms with van der Waals surface area (Å²) in [6.45, 7) is 1.47. The third-order valence-electron chi connectivity index (χ3n) is 1.56. The van der Waals surface area contributed by atoms with E-state index in [-0.39, 0.29) is 5.75 Å². The number of aromatic hydroxyl groups is 1. The van der Waals surface area contributed by atoms with E-state index >= 15 is 0 Å². The van der Waals surface area contributed by atoms with E-state index in [1.165, 1.54) is 6.20 Å². The molecule has 0 amide bonds. The number of nitrogens with one attached hydrogen (secondary N) is 1. The monoisotopic (exact) mass is 176 g/mol. The normalized spacial score (nSPS) is 9.46. The van der Waals surface area contributed by atoms with Crippen molar-refractivity contribution in [3.63, 3.8) is 0 Å². The van der Waals surface area contributed by atoms with E-state index < -0.39 is 0 Å². The van der Waals surface area contributed by atoms with Gasteiger partial charge >= 0.3 is 0 Å². The van der Waals surface area contributed by atoms with E-state index in [4.69, 9.17) is 11.5 Å². The lowest BCUT2D eigenvalue weighted by atomic mass is 10.3. The molecule has 2 N–H and O–H groups in total. The minimum Gasteiger partial charge on any atom is -0.506 e. The summed E-state index contributed by atoms with van der Waals surface area (Å²) in [7, 11) is 0. The largest absolute Gasteiger partial charge is 0.506 e. The first kappa shape index (κ1) is 9.56. The third kappa shape index (κ3) is 3.59. The fraction of sp³-hybridized carbons (Fsp3) is 0.300. The Labute approximate surface area is 77.8 Å². The van der Waals surface area contributed by atoms with Crippen molar-refractivity contribution in [1.82, 2.24) is 10.3 Å². The molecule has 0 aliphatic carbocycles. The fourth-order valence-electron chi connectivity index (χ4n) is 0.898. The van der Waals surface area contributed by atoms with E-state index in [1.807, 2.05) is 0 Å². The maximum Gasteiger partial charge on any atom is 0.133 e. The second-order valence-electron chi connectivity index (χ2n) is 2.64. The van der Waals surface area contributed by atoms with Crippen LogP contribution in [-0.4, -0.2) is 16.6 Å². The van der Waals surface area contributed by atoms with Gasteiger partial charge in [0.25, 0.3) is 0 Å². The average Bonchev–Trinajstić information content (AvgIpc) is 2.15. The highest BCUT2D eigenvalue weighted by Gasteiger charge is 1.93. The minimum atomic E-state index is 0.187. The van der Waals surface area contributed by atoms with Gasteiger partial charge in [-0.2, -0.15) is 0 Å². The molecule has 1 aromatic heterocycles. The van der Waals surface area contributed by atoms with Gasteiger partial charge in [0.1, 0.15) is 5.75 Å². The molecule has 0 bridgehead atoms. The van der Waals surface area contributed by atoms with E-state index in [0.29, 0.717) is 6.54 Å². The zero-order valence-corrected chi connectivity index (χ0v) is 7.33. The Balaban J connectivity index is 2.30. The summed E-state index contributed by atoms with van der Waals surface area (Å²) < 4.78 is 0. The Morgan fingerprint density at radius 1 is 1.54 bits per heavy atom. The first-order chi connectivity index (χ1) is 6.33. The maximum atomic E-state index is 8.96. The van der Waals surface area contributed by atoms with Gasteiger partial charge < -0.3 is 10.4 Å². The molecule has 1 heterocycles. The summed E-state index contributed by atoms with van der Waals surface area (Å²) in [5.41, 5.74) is 0.898. The van der Waals surface area contributed by atoms with E-state index in [2.05, 4.69) is 16.2 Å². The number of hydrogen-bond acceptors (Lipinski definition) is 3. The van der Waals surface area contributed by atoms with Crippen LogP contribution in [0, 0.1) is 12.3 Å². The van der Waals surface area contributed by atoms with Crippen LogP contribution in [0.4, 0.5) is 0 Å². The van der Waals surface area contributed by atoms with Crippen molar-refractivity contribution in [2.24, 2.45) is 0 Å². The minimum absolute atomic E-state index is 0.187. The third-order valence-corrected chi connectivity index (χ3v) is 1.56. The topological polar surface area (TPSA) is 45.1 Å². The number of rotatable bonds is 4. The molecule has 68 valence electrons. The van der Waals surface area contributed by atoms with Gasteiger partial charge in [0.15, 0.2) is 0 Å². The lowest BCUT2D eigenvalue weighted by Crippen LogP contribution is -2.14. The van der Waals surface area contributed by atoms with Crippen LogP contribution in [0.3, 0.4) is 0 Å². The summed E-state index contributed by atoms with van der Waals surface area (Å²) in [5, 5.41) is 12.1. The summed E-state index contributed by atoms with van der Waals surface area (Å²) in [5.74, 6) is 2.73. The lowest BCUT2D eigenvalue weighted by Gasteiger charge is -2.01. The first-order valence-electron chi connectivity index (χ1n) is 4.11. The zero-order chi connectivity index (χ0) is 9.52. The van der Waals surface area contributed by atoms with Crippen LogP contribution < -0.4 is 5.32 Å². The number of pyridine rings is 1. The number of terminal acetylenes is 1. The van der Waals surface area contributed by atoms with Crippen LogP contribution in [0.1, 0.15) is 12.1 Å². The quantitative estimate of drug-likeness (QED) is 0.529. The molecule has 3 nitrogen and oxygen atoms in total. The van der Waals surface area contributed by atoms with Gasteiger partial charge in [-0.1, -0.05) is 0 Å². The van der Waals surface area contributed by atoms with E-state index in [1.54, 1.807) is 12.1 Å². The van der Waals surface area contributed by atoms with E-state index in [9.17, 15) is 0 Å². The van der Waals surface area contributed by atoms with Crippen LogP contribution in [0.25, 0.3) is 0 Å². The van der Waals surface area contributed by atoms with Gasteiger partial charge in [-0.3, -0.25) is 4.98 Å². The molecule has 0 aliphatic rings. The Morgan fingerprint density at radius 2 is 2.38 bits per heavy atom. The summed E-state index contributed by atoms with van der Waals surface area (Å²) in [6.07, 6.45) is 7.24. The molecule has 0 unspecified atom stereocenters. The first-order valence-corrected chi connectivity index (χ1v) is 4.11. The highest BCUT2D eigenvalue weighted by molar-refractivity contribution is 5.17. The average molecular weight is 176 g/mol. The molecule has 1 rings (SSSR count). The molecule has 0 spiro atoms. The van der Waals surface area contributed by atoms with E-state index in [0.717, 1.165) is 18.7 Å². The van der Waals surface area contributed by atoms with Crippen LogP contribution in [-0.2, 0) is 6.54 Å². The van der Waals surface area contributed by atoms with Crippen LogP contribution >= 0.6 is 0 Å². The summed E-state index contributed by atoms with van der Waals surface area (Å²) in [6, 6.07) is 3.39. The Kier molecular flexibility index (Phi) is 3.80. The van der Waals surface area contributed by atoms with Crippen LogP contribution in [0.15, 0.2) is 18.3 Å². The molecule has 13 heavy (non-hydrogen) atoms. The number of hydrogen-bond donors (Lipinski definition) is 2. The molecule has 0 saturated carbocycles. The van der Waals surface area contributed by atoms with Crippen molar-refractivity contribution in [3.05, 3.63) is 24.0 Å². The Morgan fingerprint density at radius 3 is 3.00 bits per heavy atom.